The molecule has 3 rings (SSSR count). The minimum Gasteiger partial charge on any atom is -0.388 e. The number of anilines is 1. The van der Waals surface area contributed by atoms with E-state index in [1.165, 1.54) is 23.2 Å². The van der Waals surface area contributed by atoms with Gasteiger partial charge in [-0.3, -0.25) is 4.90 Å². The second-order valence-electron chi connectivity index (χ2n) is 5.69. The number of hydrogen-bond acceptors (Lipinski definition) is 2. The van der Waals surface area contributed by atoms with Crippen molar-refractivity contribution in [2.75, 3.05) is 25.5 Å². The third-order valence-corrected chi connectivity index (χ3v) is 4.48. The highest BCUT2D eigenvalue weighted by Gasteiger charge is 2.25. The third kappa shape index (κ3) is 3.39. The fraction of sp³-hybridized carbons (Fsp3) is 0.333. The summed E-state index contributed by atoms with van der Waals surface area (Å²) in [5, 5.41) is 4.11. The van der Waals surface area contributed by atoms with Gasteiger partial charge in [0.15, 0.2) is 0 Å². The smallest absolute Gasteiger partial charge is 0.0410 e. The van der Waals surface area contributed by atoms with Crippen molar-refractivity contribution in [3.63, 3.8) is 0 Å². The number of nitrogens with one attached hydrogen (secondary N) is 1. The van der Waals surface area contributed by atoms with E-state index in [9.17, 15) is 0 Å². The minimum atomic E-state index is 0.565. The minimum absolute atomic E-state index is 0.565. The first-order chi connectivity index (χ1) is 10.3. The molecule has 0 spiro atoms. The average Bonchev–Trinajstić information content (AvgIpc) is 2.96. The molecule has 0 amide bonds. The van der Waals surface area contributed by atoms with E-state index in [4.69, 9.17) is 11.6 Å². The highest BCUT2D eigenvalue weighted by Crippen LogP contribution is 2.34. The van der Waals surface area contributed by atoms with Gasteiger partial charge in [0.1, 0.15) is 0 Å². The summed E-state index contributed by atoms with van der Waals surface area (Å²) in [7, 11) is 1.98. The van der Waals surface area contributed by atoms with Crippen LogP contribution in [0, 0.1) is 0 Å². The molecule has 0 bridgehead atoms. The molecule has 1 aliphatic heterocycles. The number of halogens is 1. The van der Waals surface area contributed by atoms with Crippen LogP contribution < -0.4 is 5.32 Å². The SMILES string of the molecule is CNc1ccc(Cl)cc1C1CCN(Cc2ccccc2)C1. The standard InChI is InChI=1S/C18H21ClN2/c1-20-18-8-7-16(19)11-17(18)15-9-10-21(13-15)12-14-5-3-2-4-6-14/h2-8,11,15,20H,9-10,12-13H2,1H3. The van der Waals surface area contributed by atoms with Crippen molar-refractivity contribution in [2.24, 2.45) is 0 Å². The number of benzene rings is 2. The van der Waals surface area contributed by atoms with E-state index in [2.05, 4.69) is 52.7 Å². The quantitative estimate of drug-likeness (QED) is 0.902. The normalized spacial score (nSPS) is 18.9. The summed E-state index contributed by atoms with van der Waals surface area (Å²) in [6.45, 7) is 3.28. The molecular formula is C18H21ClN2. The maximum absolute atomic E-state index is 6.18. The molecule has 1 aliphatic rings. The van der Waals surface area contributed by atoms with E-state index in [-0.39, 0.29) is 0 Å². The van der Waals surface area contributed by atoms with Gasteiger partial charge in [-0.25, -0.2) is 0 Å². The zero-order valence-electron chi connectivity index (χ0n) is 12.3. The Kier molecular flexibility index (Phi) is 4.47. The molecule has 2 aromatic rings. The molecule has 1 unspecified atom stereocenters. The highest BCUT2D eigenvalue weighted by atomic mass is 35.5. The van der Waals surface area contributed by atoms with Gasteiger partial charge in [0.05, 0.1) is 0 Å². The average molecular weight is 301 g/mol. The molecule has 2 aromatic carbocycles. The Balaban J connectivity index is 1.71. The first kappa shape index (κ1) is 14.4. The largest absolute Gasteiger partial charge is 0.388 e. The lowest BCUT2D eigenvalue weighted by atomic mass is 9.96. The second-order valence-corrected chi connectivity index (χ2v) is 6.12. The molecular weight excluding hydrogens is 280 g/mol. The first-order valence-electron chi connectivity index (χ1n) is 7.50. The first-order valence-corrected chi connectivity index (χ1v) is 7.87. The summed E-state index contributed by atoms with van der Waals surface area (Å²) in [6.07, 6.45) is 1.20. The van der Waals surface area contributed by atoms with Gasteiger partial charge in [-0.15, -0.1) is 0 Å². The predicted octanol–water partition coefficient (Wildman–Crippen LogP) is 4.37. The topological polar surface area (TPSA) is 15.3 Å². The molecule has 0 radical (unpaired) electrons. The van der Waals surface area contributed by atoms with Crippen LogP contribution in [0.25, 0.3) is 0 Å². The van der Waals surface area contributed by atoms with E-state index < -0.39 is 0 Å². The molecule has 0 aliphatic carbocycles. The third-order valence-electron chi connectivity index (χ3n) is 4.24. The lowest BCUT2D eigenvalue weighted by Crippen LogP contribution is -2.19. The van der Waals surface area contributed by atoms with Crippen molar-refractivity contribution in [3.8, 4) is 0 Å². The zero-order valence-corrected chi connectivity index (χ0v) is 13.1. The van der Waals surface area contributed by atoms with Crippen LogP contribution in [0.4, 0.5) is 5.69 Å². The highest BCUT2D eigenvalue weighted by molar-refractivity contribution is 6.30. The van der Waals surface area contributed by atoms with Crippen molar-refractivity contribution in [2.45, 2.75) is 18.9 Å². The van der Waals surface area contributed by atoms with Crippen LogP contribution in [-0.4, -0.2) is 25.0 Å². The van der Waals surface area contributed by atoms with E-state index in [0.29, 0.717) is 5.92 Å². The second kappa shape index (κ2) is 6.50. The van der Waals surface area contributed by atoms with Gasteiger partial charge in [0, 0.05) is 30.8 Å². The van der Waals surface area contributed by atoms with Crippen molar-refractivity contribution in [3.05, 3.63) is 64.7 Å². The molecule has 110 valence electrons. The van der Waals surface area contributed by atoms with Crippen molar-refractivity contribution in [1.29, 1.82) is 0 Å². The zero-order chi connectivity index (χ0) is 14.7. The summed E-state index contributed by atoms with van der Waals surface area (Å²) in [5.41, 5.74) is 3.93. The van der Waals surface area contributed by atoms with Crippen LogP contribution in [0.15, 0.2) is 48.5 Å². The fourth-order valence-electron chi connectivity index (χ4n) is 3.17. The monoisotopic (exact) mass is 300 g/mol. The van der Waals surface area contributed by atoms with Gasteiger partial charge in [-0.05, 0) is 48.2 Å². The van der Waals surface area contributed by atoms with Crippen LogP contribution in [0.1, 0.15) is 23.5 Å². The van der Waals surface area contributed by atoms with Gasteiger partial charge in [-0.1, -0.05) is 41.9 Å². The van der Waals surface area contributed by atoms with Gasteiger partial charge in [-0.2, -0.15) is 0 Å². The maximum Gasteiger partial charge on any atom is 0.0410 e. The van der Waals surface area contributed by atoms with Gasteiger partial charge < -0.3 is 5.32 Å². The number of nitrogens with zero attached hydrogens (tertiary/aromatic N) is 1. The number of likely N-dealkylation sites (tertiary alicyclic amines) is 1. The molecule has 1 heterocycles. The Bertz CT molecular complexity index is 597. The Hall–Kier alpha value is -1.51. The Morgan fingerprint density at radius 2 is 2.00 bits per heavy atom. The lowest BCUT2D eigenvalue weighted by Gasteiger charge is -2.18. The molecule has 21 heavy (non-hydrogen) atoms. The summed E-state index contributed by atoms with van der Waals surface area (Å²) in [6, 6.07) is 16.8. The summed E-state index contributed by atoms with van der Waals surface area (Å²) < 4.78 is 0. The summed E-state index contributed by atoms with van der Waals surface area (Å²) in [4.78, 5) is 2.53. The molecule has 1 fully saturated rings. The Morgan fingerprint density at radius 3 is 2.76 bits per heavy atom. The molecule has 2 nitrogen and oxygen atoms in total. The summed E-state index contributed by atoms with van der Waals surface area (Å²) >= 11 is 6.18. The Labute approximate surface area is 131 Å². The van der Waals surface area contributed by atoms with Crippen LogP contribution in [0.3, 0.4) is 0 Å². The lowest BCUT2D eigenvalue weighted by molar-refractivity contribution is 0.327. The Morgan fingerprint density at radius 1 is 1.19 bits per heavy atom. The van der Waals surface area contributed by atoms with E-state index >= 15 is 0 Å². The van der Waals surface area contributed by atoms with Crippen LogP contribution in [0.2, 0.25) is 5.02 Å². The maximum atomic E-state index is 6.18. The van der Waals surface area contributed by atoms with Crippen molar-refractivity contribution < 1.29 is 0 Å². The molecule has 1 saturated heterocycles. The number of hydrogen-bond donors (Lipinski definition) is 1. The van der Waals surface area contributed by atoms with E-state index in [1.54, 1.807) is 0 Å². The van der Waals surface area contributed by atoms with Crippen molar-refractivity contribution in [1.82, 2.24) is 4.90 Å². The van der Waals surface area contributed by atoms with Crippen molar-refractivity contribution >= 4 is 17.3 Å². The molecule has 1 N–H and O–H groups in total. The van der Waals surface area contributed by atoms with E-state index in [1.807, 2.05) is 13.1 Å². The molecule has 1 atom stereocenters. The molecule has 0 aromatic heterocycles. The van der Waals surface area contributed by atoms with Crippen LogP contribution >= 0.6 is 11.6 Å². The van der Waals surface area contributed by atoms with E-state index in [0.717, 1.165) is 24.7 Å². The van der Waals surface area contributed by atoms with Gasteiger partial charge >= 0.3 is 0 Å². The summed E-state index contributed by atoms with van der Waals surface area (Å²) in [5.74, 6) is 0.565. The van der Waals surface area contributed by atoms with Crippen LogP contribution in [0.5, 0.6) is 0 Å². The molecule has 0 saturated carbocycles. The fourth-order valence-corrected chi connectivity index (χ4v) is 3.35. The van der Waals surface area contributed by atoms with Crippen LogP contribution in [-0.2, 0) is 6.54 Å². The van der Waals surface area contributed by atoms with Gasteiger partial charge in [0.2, 0.25) is 0 Å². The predicted molar refractivity (Wildman–Crippen MR) is 90.1 cm³/mol. The van der Waals surface area contributed by atoms with Gasteiger partial charge in [0.25, 0.3) is 0 Å². The number of rotatable bonds is 4. The molecule has 3 heteroatoms.